The van der Waals surface area contributed by atoms with E-state index in [0.717, 1.165) is 23.4 Å². The van der Waals surface area contributed by atoms with Gasteiger partial charge in [-0.05, 0) is 32.8 Å². The highest BCUT2D eigenvalue weighted by molar-refractivity contribution is 7.98. The molecule has 0 heterocycles. The predicted molar refractivity (Wildman–Crippen MR) is 74.9 cm³/mol. The van der Waals surface area contributed by atoms with Gasteiger partial charge in [0.1, 0.15) is 0 Å². The molecule has 0 aliphatic rings. The Kier molecular flexibility index (Phi) is 5.72. The first kappa shape index (κ1) is 14.3. The van der Waals surface area contributed by atoms with E-state index in [1.807, 2.05) is 44.6 Å². The topological polar surface area (TPSA) is 20.3 Å². The lowest BCUT2D eigenvalue weighted by Gasteiger charge is -2.19. The summed E-state index contributed by atoms with van der Waals surface area (Å²) in [5.74, 6) is 0.365. The molecule has 1 aromatic rings. The van der Waals surface area contributed by atoms with Crippen molar-refractivity contribution in [3.05, 3.63) is 29.8 Å². The van der Waals surface area contributed by atoms with Gasteiger partial charge in [0.05, 0.1) is 0 Å². The Morgan fingerprint density at radius 2 is 2.00 bits per heavy atom. The largest absolute Gasteiger partial charge is 0.309 e. The SMILES string of the molecule is CCC(CN(C)C)C(=O)c1ccccc1SC. The fourth-order valence-electron chi connectivity index (χ4n) is 1.91. The second-order valence-electron chi connectivity index (χ2n) is 4.43. The first-order valence-electron chi connectivity index (χ1n) is 5.92. The van der Waals surface area contributed by atoms with E-state index < -0.39 is 0 Å². The maximum atomic E-state index is 12.5. The summed E-state index contributed by atoms with van der Waals surface area (Å²) in [6.45, 7) is 2.89. The molecule has 1 unspecified atom stereocenters. The molecular formula is C14H21NOS. The Morgan fingerprint density at radius 3 is 2.53 bits per heavy atom. The van der Waals surface area contributed by atoms with Crippen LogP contribution in [0, 0.1) is 5.92 Å². The van der Waals surface area contributed by atoms with Gasteiger partial charge in [-0.1, -0.05) is 25.1 Å². The Balaban J connectivity index is 2.93. The van der Waals surface area contributed by atoms with Crippen molar-refractivity contribution in [3.63, 3.8) is 0 Å². The number of carbonyl (C=O) groups excluding carboxylic acids is 1. The van der Waals surface area contributed by atoms with Gasteiger partial charge in [0.15, 0.2) is 5.78 Å². The molecule has 0 saturated heterocycles. The highest BCUT2D eigenvalue weighted by Crippen LogP contribution is 2.23. The summed E-state index contributed by atoms with van der Waals surface area (Å²) in [6.07, 6.45) is 2.90. The normalized spacial score (nSPS) is 12.8. The van der Waals surface area contributed by atoms with Gasteiger partial charge in [-0.15, -0.1) is 11.8 Å². The van der Waals surface area contributed by atoms with Crippen LogP contribution in [0.25, 0.3) is 0 Å². The minimum absolute atomic E-state index is 0.0956. The van der Waals surface area contributed by atoms with Crippen LogP contribution in [0.3, 0.4) is 0 Å². The number of hydrogen-bond donors (Lipinski definition) is 0. The molecule has 0 fully saturated rings. The summed E-state index contributed by atoms with van der Waals surface area (Å²) < 4.78 is 0. The maximum absolute atomic E-state index is 12.5. The lowest BCUT2D eigenvalue weighted by atomic mass is 9.95. The summed E-state index contributed by atoms with van der Waals surface area (Å²) >= 11 is 1.64. The number of benzene rings is 1. The molecule has 0 aliphatic heterocycles. The first-order chi connectivity index (χ1) is 8.10. The number of Topliss-reactive ketones (excluding diaryl/α,β-unsaturated/α-hetero) is 1. The van der Waals surface area contributed by atoms with E-state index in [2.05, 4.69) is 11.8 Å². The molecule has 94 valence electrons. The van der Waals surface area contributed by atoms with Crippen molar-refractivity contribution in [1.29, 1.82) is 0 Å². The molecule has 0 amide bonds. The van der Waals surface area contributed by atoms with Gasteiger partial charge in [-0.2, -0.15) is 0 Å². The van der Waals surface area contributed by atoms with Crippen LogP contribution in [0.15, 0.2) is 29.2 Å². The van der Waals surface area contributed by atoms with E-state index in [9.17, 15) is 4.79 Å². The van der Waals surface area contributed by atoms with Gasteiger partial charge in [0, 0.05) is 22.9 Å². The van der Waals surface area contributed by atoms with Crippen molar-refractivity contribution in [2.45, 2.75) is 18.2 Å². The average Bonchev–Trinajstić information content (AvgIpc) is 2.34. The molecule has 1 aromatic carbocycles. The minimum atomic E-state index is 0.0956. The van der Waals surface area contributed by atoms with Crippen molar-refractivity contribution in [2.24, 2.45) is 5.92 Å². The summed E-state index contributed by atoms with van der Waals surface area (Å²) in [5, 5.41) is 0. The zero-order valence-corrected chi connectivity index (χ0v) is 11.9. The molecule has 0 radical (unpaired) electrons. The quantitative estimate of drug-likeness (QED) is 0.572. The number of thioether (sulfide) groups is 1. The summed E-state index contributed by atoms with van der Waals surface area (Å²) in [6, 6.07) is 7.87. The first-order valence-corrected chi connectivity index (χ1v) is 7.14. The third-order valence-corrected chi connectivity index (χ3v) is 3.62. The standard InChI is InChI=1S/C14H21NOS/c1-5-11(10-15(2)3)14(16)12-8-6-7-9-13(12)17-4/h6-9,11H,5,10H2,1-4H3. The molecule has 2 nitrogen and oxygen atoms in total. The van der Waals surface area contributed by atoms with Crippen LogP contribution in [-0.2, 0) is 0 Å². The number of ketones is 1. The van der Waals surface area contributed by atoms with Crippen LogP contribution < -0.4 is 0 Å². The zero-order valence-electron chi connectivity index (χ0n) is 11.1. The third-order valence-electron chi connectivity index (χ3n) is 2.82. The minimum Gasteiger partial charge on any atom is -0.309 e. The van der Waals surface area contributed by atoms with Gasteiger partial charge < -0.3 is 4.90 Å². The molecular weight excluding hydrogens is 230 g/mol. The molecule has 0 spiro atoms. The lowest BCUT2D eigenvalue weighted by molar-refractivity contribution is 0.0890. The number of hydrogen-bond acceptors (Lipinski definition) is 3. The van der Waals surface area contributed by atoms with E-state index in [1.54, 1.807) is 11.8 Å². The van der Waals surface area contributed by atoms with Gasteiger partial charge in [0.25, 0.3) is 0 Å². The third kappa shape index (κ3) is 3.86. The molecule has 0 N–H and O–H groups in total. The van der Waals surface area contributed by atoms with Crippen LogP contribution in [0.1, 0.15) is 23.7 Å². The predicted octanol–water partition coefficient (Wildman–Crippen LogP) is 3.18. The van der Waals surface area contributed by atoms with E-state index in [1.165, 1.54) is 0 Å². The maximum Gasteiger partial charge on any atom is 0.168 e. The number of nitrogens with zero attached hydrogens (tertiary/aromatic N) is 1. The molecule has 0 aliphatic carbocycles. The summed E-state index contributed by atoms with van der Waals surface area (Å²) in [7, 11) is 4.02. The average molecular weight is 251 g/mol. The van der Waals surface area contributed by atoms with Crippen molar-refractivity contribution in [2.75, 3.05) is 26.9 Å². The van der Waals surface area contributed by atoms with Crippen molar-refractivity contribution in [1.82, 2.24) is 4.90 Å². The van der Waals surface area contributed by atoms with Crippen LogP contribution >= 0.6 is 11.8 Å². The van der Waals surface area contributed by atoms with E-state index in [4.69, 9.17) is 0 Å². The van der Waals surface area contributed by atoms with E-state index in [0.29, 0.717) is 0 Å². The van der Waals surface area contributed by atoms with E-state index >= 15 is 0 Å². The Morgan fingerprint density at radius 1 is 1.35 bits per heavy atom. The smallest absolute Gasteiger partial charge is 0.168 e. The van der Waals surface area contributed by atoms with Crippen molar-refractivity contribution >= 4 is 17.5 Å². The highest BCUT2D eigenvalue weighted by atomic mass is 32.2. The summed E-state index contributed by atoms with van der Waals surface area (Å²) in [4.78, 5) is 15.6. The highest BCUT2D eigenvalue weighted by Gasteiger charge is 2.20. The van der Waals surface area contributed by atoms with Crippen LogP contribution in [0.2, 0.25) is 0 Å². The zero-order chi connectivity index (χ0) is 12.8. The van der Waals surface area contributed by atoms with Gasteiger partial charge >= 0.3 is 0 Å². The van der Waals surface area contributed by atoms with E-state index in [-0.39, 0.29) is 11.7 Å². The second kappa shape index (κ2) is 6.82. The molecule has 3 heteroatoms. The monoisotopic (exact) mass is 251 g/mol. The van der Waals surface area contributed by atoms with Crippen LogP contribution in [-0.4, -0.2) is 37.6 Å². The van der Waals surface area contributed by atoms with Crippen LogP contribution in [0.4, 0.5) is 0 Å². The van der Waals surface area contributed by atoms with Crippen LogP contribution in [0.5, 0.6) is 0 Å². The van der Waals surface area contributed by atoms with Gasteiger partial charge in [0.2, 0.25) is 0 Å². The van der Waals surface area contributed by atoms with Crippen molar-refractivity contribution < 1.29 is 4.79 Å². The van der Waals surface area contributed by atoms with Gasteiger partial charge in [-0.25, -0.2) is 0 Å². The number of rotatable bonds is 6. The molecule has 17 heavy (non-hydrogen) atoms. The summed E-state index contributed by atoms with van der Waals surface area (Å²) in [5.41, 5.74) is 0.869. The fraction of sp³-hybridized carbons (Fsp3) is 0.500. The Labute approximate surface area is 108 Å². The Hall–Kier alpha value is -0.800. The lowest BCUT2D eigenvalue weighted by Crippen LogP contribution is -2.27. The molecule has 0 bridgehead atoms. The Bertz CT molecular complexity index is 376. The van der Waals surface area contributed by atoms with Crippen molar-refractivity contribution in [3.8, 4) is 0 Å². The molecule has 0 saturated carbocycles. The molecule has 0 aromatic heterocycles. The second-order valence-corrected chi connectivity index (χ2v) is 5.28. The van der Waals surface area contributed by atoms with Gasteiger partial charge in [-0.3, -0.25) is 4.79 Å². The fourth-order valence-corrected chi connectivity index (χ4v) is 2.51. The molecule has 1 rings (SSSR count). The number of carbonyl (C=O) groups is 1. The molecule has 1 atom stereocenters.